The highest BCUT2D eigenvalue weighted by Crippen LogP contribution is 2.28. The lowest BCUT2D eigenvalue weighted by atomic mass is 9.99. The zero-order valence-electron chi connectivity index (χ0n) is 13.6. The largest absolute Gasteiger partial charge is 0.344 e. The molecular formula is C17H19FN4O2. The SMILES string of the molecule is CC(=O)N1CCC(NC(=O)c2ccnn2C)c2ccc(F)cc2C1. The number of carbonyl (C=O) groups is 2. The van der Waals surface area contributed by atoms with Gasteiger partial charge in [-0.1, -0.05) is 6.07 Å². The standard InChI is InChI=1S/C17H19FN4O2/c1-11(23)22-8-6-15(14-4-3-13(18)9-12(14)10-22)20-17(24)16-5-7-19-21(16)2/h3-5,7,9,15H,6,8,10H2,1-2H3,(H,20,24). The van der Waals surface area contributed by atoms with Crippen molar-refractivity contribution < 1.29 is 14.0 Å². The zero-order valence-corrected chi connectivity index (χ0v) is 13.6. The Kier molecular flexibility index (Phi) is 4.33. The van der Waals surface area contributed by atoms with Gasteiger partial charge in [0, 0.05) is 33.3 Å². The summed E-state index contributed by atoms with van der Waals surface area (Å²) in [6.07, 6.45) is 2.13. The first kappa shape index (κ1) is 16.2. The number of benzene rings is 1. The summed E-state index contributed by atoms with van der Waals surface area (Å²) in [6.45, 7) is 2.34. The summed E-state index contributed by atoms with van der Waals surface area (Å²) >= 11 is 0. The van der Waals surface area contributed by atoms with Gasteiger partial charge in [-0.25, -0.2) is 4.39 Å². The first-order valence-corrected chi connectivity index (χ1v) is 7.78. The lowest BCUT2D eigenvalue weighted by molar-refractivity contribution is -0.129. The molecule has 0 aliphatic carbocycles. The van der Waals surface area contributed by atoms with E-state index in [4.69, 9.17) is 0 Å². The topological polar surface area (TPSA) is 67.2 Å². The number of fused-ring (bicyclic) bond motifs is 1. The summed E-state index contributed by atoms with van der Waals surface area (Å²) in [6, 6.07) is 5.85. The van der Waals surface area contributed by atoms with Gasteiger partial charge < -0.3 is 10.2 Å². The number of aryl methyl sites for hydroxylation is 1. The summed E-state index contributed by atoms with van der Waals surface area (Å²) in [5.41, 5.74) is 2.01. The van der Waals surface area contributed by atoms with Gasteiger partial charge in [0.2, 0.25) is 5.91 Å². The van der Waals surface area contributed by atoms with Gasteiger partial charge in [0.1, 0.15) is 11.5 Å². The van der Waals surface area contributed by atoms with Crippen LogP contribution in [0.1, 0.15) is 41.0 Å². The van der Waals surface area contributed by atoms with E-state index < -0.39 is 0 Å². The van der Waals surface area contributed by atoms with Crippen LogP contribution in [0, 0.1) is 5.82 Å². The second-order valence-corrected chi connectivity index (χ2v) is 5.94. The van der Waals surface area contributed by atoms with Crippen molar-refractivity contribution in [2.24, 2.45) is 7.05 Å². The Morgan fingerprint density at radius 2 is 2.12 bits per heavy atom. The van der Waals surface area contributed by atoms with Crippen molar-refractivity contribution in [1.82, 2.24) is 20.0 Å². The van der Waals surface area contributed by atoms with Crippen LogP contribution in [0.4, 0.5) is 4.39 Å². The van der Waals surface area contributed by atoms with E-state index in [0.717, 1.165) is 11.1 Å². The summed E-state index contributed by atoms with van der Waals surface area (Å²) in [7, 11) is 1.70. The summed E-state index contributed by atoms with van der Waals surface area (Å²) in [5, 5.41) is 6.97. The fourth-order valence-corrected chi connectivity index (χ4v) is 3.02. The van der Waals surface area contributed by atoms with E-state index >= 15 is 0 Å². The third kappa shape index (κ3) is 3.15. The normalized spacial score (nSPS) is 17.1. The number of halogens is 1. The first-order valence-electron chi connectivity index (χ1n) is 7.78. The second kappa shape index (κ2) is 6.43. The first-order chi connectivity index (χ1) is 11.5. The van der Waals surface area contributed by atoms with E-state index in [1.807, 2.05) is 0 Å². The van der Waals surface area contributed by atoms with Crippen molar-refractivity contribution in [3.05, 3.63) is 53.1 Å². The molecule has 6 nitrogen and oxygen atoms in total. The van der Waals surface area contributed by atoms with Crippen molar-refractivity contribution in [2.45, 2.75) is 25.9 Å². The highest BCUT2D eigenvalue weighted by atomic mass is 19.1. The molecule has 2 amide bonds. The Bertz CT molecular complexity index is 787. The third-order valence-corrected chi connectivity index (χ3v) is 4.33. The molecule has 0 spiro atoms. The zero-order chi connectivity index (χ0) is 17.3. The van der Waals surface area contributed by atoms with Gasteiger partial charge in [0.25, 0.3) is 5.91 Å². The molecule has 1 aliphatic rings. The van der Waals surface area contributed by atoms with E-state index in [1.165, 1.54) is 23.7 Å². The average molecular weight is 330 g/mol. The van der Waals surface area contributed by atoms with E-state index in [9.17, 15) is 14.0 Å². The summed E-state index contributed by atoms with van der Waals surface area (Å²) in [4.78, 5) is 25.9. The smallest absolute Gasteiger partial charge is 0.270 e. The molecule has 1 aromatic carbocycles. The predicted molar refractivity (Wildman–Crippen MR) is 85.5 cm³/mol. The van der Waals surface area contributed by atoms with Gasteiger partial charge in [0.05, 0.1) is 6.04 Å². The fraction of sp³-hybridized carbons (Fsp3) is 0.353. The van der Waals surface area contributed by atoms with Gasteiger partial charge in [0.15, 0.2) is 0 Å². The molecular weight excluding hydrogens is 311 g/mol. The van der Waals surface area contributed by atoms with E-state index in [1.54, 1.807) is 30.3 Å². The Morgan fingerprint density at radius 3 is 2.79 bits per heavy atom. The molecule has 1 unspecified atom stereocenters. The van der Waals surface area contributed by atoms with E-state index in [0.29, 0.717) is 25.2 Å². The lowest BCUT2D eigenvalue weighted by Gasteiger charge is -2.19. The Labute approximate surface area is 139 Å². The van der Waals surface area contributed by atoms with Crippen molar-refractivity contribution in [2.75, 3.05) is 6.54 Å². The fourth-order valence-electron chi connectivity index (χ4n) is 3.02. The maximum absolute atomic E-state index is 13.6. The number of amides is 2. The molecule has 3 rings (SSSR count). The quantitative estimate of drug-likeness (QED) is 0.913. The maximum atomic E-state index is 13.6. The van der Waals surface area contributed by atoms with Crippen LogP contribution in [0.15, 0.2) is 30.5 Å². The summed E-state index contributed by atoms with van der Waals surface area (Å²) < 4.78 is 15.1. The molecule has 2 aromatic rings. The van der Waals surface area contributed by atoms with Gasteiger partial charge >= 0.3 is 0 Å². The van der Waals surface area contributed by atoms with Crippen LogP contribution >= 0.6 is 0 Å². The van der Waals surface area contributed by atoms with Crippen LogP contribution in [0.3, 0.4) is 0 Å². The number of nitrogens with zero attached hydrogens (tertiary/aromatic N) is 3. The molecule has 1 atom stereocenters. The Morgan fingerprint density at radius 1 is 1.33 bits per heavy atom. The minimum absolute atomic E-state index is 0.0659. The maximum Gasteiger partial charge on any atom is 0.270 e. The highest BCUT2D eigenvalue weighted by molar-refractivity contribution is 5.92. The van der Waals surface area contributed by atoms with Crippen molar-refractivity contribution >= 4 is 11.8 Å². The molecule has 1 N–H and O–H groups in total. The number of hydrogen-bond acceptors (Lipinski definition) is 3. The minimum Gasteiger partial charge on any atom is -0.344 e. The van der Waals surface area contributed by atoms with Crippen LogP contribution in [-0.4, -0.2) is 33.0 Å². The van der Waals surface area contributed by atoms with Gasteiger partial charge in [-0.15, -0.1) is 0 Å². The van der Waals surface area contributed by atoms with Gasteiger partial charge in [-0.3, -0.25) is 14.3 Å². The molecule has 0 saturated heterocycles. The molecule has 1 aliphatic heterocycles. The Balaban J connectivity index is 1.90. The van der Waals surface area contributed by atoms with E-state index in [2.05, 4.69) is 10.4 Å². The van der Waals surface area contributed by atoms with Crippen molar-refractivity contribution in [3.63, 3.8) is 0 Å². The van der Waals surface area contributed by atoms with Crippen molar-refractivity contribution in [1.29, 1.82) is 0 Å². The number of nitrogens with one attached hydrogen (secondary N) is 1. The summed E-state index contributed by atoms with van der Waals surface area (Å²) in [5.74, 6) is -0.661. The number of carbonyl (C=O) groups excluding carboxylic acids is 2. The molecule has 0 bridgehead atoms. The number of rotatable bonds is 2. The molecule has 0 radical (unpaired) electrons. The third-order valence-electron chi connectivity index (χ3n) is 4.33. The van der Waals surface area contributed by atoms with Crippen LogP contribution in [0.5, 0.6) is 0 Å². The second-order valence-electron chi connectivity index (χ2n) is 5.94. The average Bonchev–Trinajstić information content (AvgIpc) is 2.87. The van der Waals surface area contributed by atoms with Gasteiger partial charge in [-0.05, 0) is 35.7 Å². The molecule has 24 heavy (non-hydrogen) atoms. The molecule has 7 heteroatoms. The monoisotopic (exact) mass is 330 g/mol. The van der Waals surface area contributed by atoms with Crippen LogP contribution < -0.4 is 5.32 Å². The number of hydrogen-bond donors (Lipinski definition) is 1. The molecule has 0 saturated carbocycles. The molecule has 1 aromatic heterocycles. The number of aromatic nitrogens is 2. The van der Waals surface area contributed by atoms with Crippen molar-refractivity contribution in [3.8, 4) is 0 Å². The minimum atomic E-state index is -0.351. The predicted octanol–water partition coefficient (Wildman–Crippen LogP) is 1.78. The Hall–Kier alpha value is -2.70. The highest BCUT2D eigenvalue weighted by Gasteiger charge is 2.26. The van der Waals surface area contributed by atoms with Crippen LogP contribution in [0.2, 0.25) is 0 Å². The van der Waals surface area contributed by atoms with E-state index in [-0.39, 0.29) is 23.7 Å². The molecule has 126 valence electrons. The molecule has 0 fully saturated rings. The van der Waals surface area contributed by atoms with Crippen LogP contribution in [-0.2, 0) is 18.4 Å². The molecule has 2 heterocycles. The van der Waals surface area contributed by atoms with Crippen LogP contribution in [0.25, 0.3) is 0 Å². The lowest BCUT2D eigenvalue weighted by Crippen LogP contribution is -2.32. The van der Waals surface area contributed by atoms with Gasteiger partial charge in [-0.2, -0.15) is 5.10 Å².